The van der Waals surface area contributed by atoms with E-state index in [-0.39, 0.29) is 11.8 Å². The van der Waals surface area contributed by atoms with Crippen molar-refractivity contribution in [3.8, 4) is 0 Å². The van der Waals surface area contributed by atoms with Crippen molar-refractivity contribution in [2.24, 2.45) is 11.8 Å². The van der Waals surface area contributed by atoms with Gasteiger partial charge in [-0.05, 0) is 43.7 Å². The highest BCUT2D eigenvalue weighted by atomic mass is 16.7. The van der Waals surface area contributed by atoms with Gasteiger partial charge in [0.05, 0.1) is 38.0 Å². The molecule has 3 aliphatic heterocycles. The molecule has 1 aromatic rings. The number of carbonyl (C=O) groups is 1. The summed E-state index contributed by atoms with van der Waals surface area (Å²) in [6, 6.07) is 3.95. The summed E-state index contributed by atoms with van der Waals surface area (Å²) in [7, 11) is 0. The van der Waals surface area contributed by atoms with Gasteiger partial charge in [-0.25, -0.2) is 5.06 Å². The average molecular weight is 334 g/mol. The second-order valence-electron chi connectivity index (χ2n) is 7.15. The summed E-state index contributed by atoms with van der Waals surface area (Å²) in [6.45, 7) is 4.74. The largest absolute Gasteiger partial charge is 0.468 e. The topological polar surface area (TPSA) is 55.2 Å². The fraction of sp³-hybridized carbons (Fsp3) is 0.722. The Morgan fingerprint density at radius 1 is 1.29 bits per heavy atom. The van der Waals surface area contributed by atoms with Gasteiger partial charge in [0.1, 0.15) is 5.76 Å². The van der Waals surface area contributed by atoms with Gasteiger partial charge < -0.3 is 9.15 Å². The zero-order chi connectivity index (χ0) is 16.4. The smallest absolute Gasteiger partial charge is 0.251 e. The van der Waals surface area contributed by atoms with Gasteiger partial charge in [0.25, 0.3) is 5.91 Å². The van der Waals surface area contributed by atoms with Crippen LogP contribution in [-0.2, 0) is 20.9 Å². The van der Waals surface area contributed by atoms with Crippen LogP contribution in [0, 0.1) is 11.8 Å². The Hall–Kier alpha value is -1.37. The van der Waals surface area contributed by atoms with Crippen LogP contribution in [0.3, 0.4) is 0 Å². The van der Waals surface area contributed by atoms with Gasteiger partial charge in [-0.1, -0.05) is 0 Å². The highest BCUT2D eigenvalue weighted by Crippen LogP contribution is 2.33. The molecule has 0 aromatic carbocycles. The summed E-state index contributed by atoms with van der Waals surface area (Å²) in [5.41, 5.74) is 0. The number of amides is 1. The third-order valence-electron chi connectivity index (χ3n) is 5.40. The van der Waals surface area contributed by atoms with Crippen LogP contribution >= 0.6 is 0 Å². The molecule has 0 bridgehead atoms. The second-order valence-corrected chi connectivity index (χ2v) is 7.15. The quantitative estimate of drug-likeness (QED) is 0.847. The number of hydroxylamine groups is 2. The lowest BCUT2D eigenvalue weighted by atomic mass is 9.83. The third-order valence-corrected chi connectivity index (χ3v) is 5.40. The van der Waals surface area contributed by atoms with Crippen molar-refractivity contribution in [1.29, 1.82) is 0 Å². The molecule has 3 atom stereocenters. The molecule has 3 fully saturated rings. The first kappa shape index (κ1) is 16.1. The Balaban J connectivity index is 1.34. The summed E-state index contributed by atoms with van der Waals surface area (Å²) < 4.78 is 11.5. The maximum absolute atomic E-state index is 12.7. The van der Waals surface area contributed by atoms with E-state index in [4.69, 9.17) is 14.0 Å². The van der Waals surface area contributed by atoms with E-state index < -0.39 is 0 Å². The number of piperidine rings is 1. The standard InChI is InChI=1S/C18H26N2O4/c21-18(20-6-1-2-9-24-20)15-10-14-11-19(7-5-17(14)23-13-15)12-16-4-3-8-22-16/h3-4,8,14-15,17H,1-2,5-7,9-13H2/t14-,15-,17+/m1/s1. The van der Waals surface area contributed by atoms with Crippen LogP contribution in [0.15, 0.2) is 22.8 Å². The van der Waals surface area contributed by atoms with Gasteiger partial charge in [0.15, 0.2) is 0 Å². The molecule has 0 saturated carbocycles. The van der Waals surface area contributed by atoms with E-state index in [9.17, 15) is 4.79 Å². The van der Waals surface area contributed by atoms with Crippen molar-refractivity contribution in [2.45, 2.75) is 38.3 Å². The van der Waals surface area contributed by atoms with Gasteiger partial charge in [0, 0.05) is 19.6 Å². The molecule has 0 radical (unpaired) electrons. The number of hydrogen-bond acceptors (Lipinski definition) is 5. The molecule has 1 amide bonds. The summed E-state index contributed by atoms with van der Waals surface area (Å²) in [6.07, 6.45) is 6.02. The van der Waals surface area contributed by atoms with Crippen molar-refractivity contribution >= 4 is 5.91 Å². The first-order valence-corrected chi connectivity index (χ1v) is 9.10. The number of fused-ring (bicyclic) bond motifs is 1. The van der Waals surface area contributed by atoms with Gasteiger partial charge in [-0.15, -0.1) is 0 Å². The van der Waals surface area contributed by atoms with Gasteiger partial charge in [-0.2, -0.15) is 0 Å². The molecule has 3 aliphatic rings. The maximum atomic E-state index is 12.7. The van der Waals surface area contributed by atoms with E-state index in [1.807, 2.05) is 12.1 Å². The zero-order valence-corrected chi connectivity index (χ0v) is 14.1. The number of nitrogens with zero attached hydrogens (tertiary/aromatic N) is 2. The lowest BCUT2D eigenvalue weighted by Crippen LogP contribution is -2.51. The average Bonchev–Trinajstić information content (AvgIpc) is 3.14. The molecule has 0 spiro atoms. The van der Waals surface area contributed by atoms with E-state index >= 15 is 0 Å². The first-order chi connectivity index (χ1) is 11.8. The van der Waals surface area contributed by atoms with Crippen LogP contribution in [0.25, 0.3) is 0 Å². The Morgan fingerprint density at radius 3 is 3.04 bits per heavy atom. The van der Waals surface area contributed by atoms with Crippen LogP contribution in [0.1, 0.15) is 31.4 Å². The van der Waals surface area contributed by atoms with Crippen LogP contribution in [0.4, 0.5) is 0 Å². The highest BCUT2D eigenvalue weighted by molar-refractivity contribution is 5.78. The van der Waals surface area contributed by atoms with E-state index in [0.29, 0.717) is 31.8 Å². The van der Waals surface area contributed by atoms with Crippen molar-refractivity contribution in [1.82, 2.24) is 9.96 Å². The summed E-state index contributed by atoms with van der Waals surface area (Å²) in [4.78, 5) is 20.6. The molecule has 0 unspecified atom stereocenters. The molecule has 6 heteroatoms. The number of furan rings is 1. The summed E-state index contributed by atoms with van der Waals surface area (Å²) >= 11 is 0. The number of likely N-dealkylation sites (tertiary alicyclic amines) is 1. The minimum atomic E-state index is -0.0621. The number of ether oxygens (including phenoxy) is 1. The van der Waals surface area contributed by atoms with Crippen LogP contribution in [0.2, 0.25) is 0 Å². The minimum Gasteiger partial charge on any atom is -0.468 e. The maximum Gasteiger partial charge on any atom is 0.251 e. The molecule has 0 aliphatic carbocycles. The highest BCUT2D eigenvalue weighted by Gasteiger charge is 2.40. The van der Waals surface area contributed by atoms with Crippen LogP contribution in [0.5, 0.6) is 0 Å². The normalized spacial score (nSPS) is 31.7. The van der Waals surface area contributed by atoms with E-state index in [0.717, 1.165) is 51.1 Å². The van der Waals surface area contributed by atoms with Crippen molar-refractivity contribution < 1.29 is 18.8 Å². The predicted molar refractivity (Wildman–Crippen MR) is 86.8 cm³/mol. The fourth-order valence-electron chi connectivity index (χ4n) is 4.12. The zero-order valence-electron chi connectivity index (χ0n) is 14.1. The SMILES string of the molecule is O=C([C@H]1CO[C@H]2CCN(Cc3ccco3)C[C@H]2C1)N1CCCCO1. The summed E-state index contributed by atoms with van der Waals surface area (Å²) in [5, 5.41) is 1.57. The number of hydrogen-bond donors (Lipinski definition) is 0. The summed E-state index contributed by atoms with van der Waals surface area (Å²) in [5.74, 6) is 1.46. The monoisotopic (exact) mass is 334 g/mol. The van der Waals surface area contributed by atoms with Crippen LogP contribution in [-0.4, -0.2) is 54.8 Å². The molecule has 132 valence electrons. The second kappa shape index (κ2) is 7.25. The lowest BCUT2D eigenvalue weighted by molar-refractivity contribution is -0.208. The molecular formula is C18H26N2O4. The van der Waals surface area contributed by atoms with Gasteiger partial charge in [0.2, 0.25) is 0 Å². The van der Waals surface area contributed by atoms with Crippen molar-refractivity contribution in [2.75, 3.05) is 32.8 Å². The van der Waals surface area contributed by atoms with E-state index in [1.54, 1.807) is 11.3 Å². The number of carbonyl (C=O) groups excluding carboxylic acids is 1. The molecular weight excluding hydrogens is 308 g/mol. The molecule has 3 saturated heterocycles. The van der Waals surface area contributed by atoms with Crippen molar-refractivity contribution in [3.63, 3.8) is 0 Å². The van der Waals surface area contributed by atoms with Gasteiger partial charge >= 0.3 is 0 Å². The van der Waals surface area contributed by atoms with Crippen LogP contribution < -0.4 is 0 Å². The molecule has 6 nitrogen and oxygen atoms in total. The minimum absolute atomic E-state index is 0.0621. The molecule has 1 aromatic heterocycles. The lowest BCUT2D eigenvalue weighted by Gasteiger charge is -2.43. The first-order valence-electron chi connectivity index (χ1n) is 9.10. The molecule has 4 rings (SSSR count). The Morgan fingerprint density at radius 2 is 2.25 bits per heavy atom. The Kier molecular flexibility index (Phi) is 4.87. The van der Waals surface area contributed by atoms with E-state index in [2.05, 4.69) is 4.90 Å². The molecule has 0 N–H and O–H groups in total. The third kappa shape index (κ3) is 3.50. The molecule has 24 heavy (non-hydrogen) atoms. The Labute approximate surface area is 142 Å². The predicted octanol–water partition coefficient (Wildman–Crippen LogP) is 2.06. The number of rotatable bonds is 3. The Bertz CT molecular complexity index is 541. The fourth-order valence-corrected chi connectivity index (χ4v) is 4.12. The van der Waals surface area contributed by atoms with Gasteiger partial charge in [-0.3, -0.25) is 14.5 Å². The van der Waals surface area contributed by atoms with Crippen molar-refractivity contribution in [3.05, 3.63) is 24.2 Å². The molecule has 4 heterocycles. The van der Waals surface area contributed by atoms with E-state index in [1.165, 1.54) is 0 Å².